The fraction of sp³-hybridized carbons (Fsp3) is 0.375. The molecule has 1 aromatic heterocycles. The Morgan fingerprint density at radius 2 is 2.20 bits per heavy atom. The van der Waals surface area contributed by atoms with Crippen LogP contribution in [0.5, 0.6) is 0 Å². The molecule has 0 atom stereocenters. The van der Waals surface area contributed by atoms with Crippen molar-refractivity contribution in [3.8, 4) is 0 Å². The molecule has 0 radical (unpaired) electrons. The van der Waals surface area contributed by atoms with Gasteiger partial charge in [-0.3, -0.25) is 9.36 Å². The third-order valence-corrected chi connectivity index (χ3v) is 3.91. The maximum atomic E-state index is 12.5. The molecule has 1 aliphatic rings. The van der Waals surface area contributed by atoms with E-state index in [9.17, 15) is 4.79 Å². The van der Waals surface area contributed by atoms with Crippen molar-refractivity contribution in [3.05, 3.63) is 62.8 Å². The highest BCUT2D eigenvalue weighted by atomic mass is 16.1. The summed E-state index contributed by atoms with van der Waals surface area (Å²) in [5.41, 5.74) is 5.49. The van der Waals surface area contributed by atoms with Gasteiger partial charge in [0, 0.05) is 12.1 Å². The lowest BCUT2D eigenvalue weighted by Gasteiger charge is -2.17. The van der Waals surface area contributed by atoms with E-state index in [2.05, 4.69) is 42.3 Å². The quantitative estimate of drug-likeness (QED) is 0.900. The summed E-state index contributed by atoms with van der Waals surface area (Å²) in [4.78, 5) is 16.9. The zero-order valence-corrected chi connectivity index (χ0v) is 11.9. The van der Waals surface area contributed by atoms with Crippen molar-refractivity contribution < 1.29 is 0 Å². The first-order valence-corrected chi connectivity index (χ1v) is 6.99. The molecule has 0 bridgehead atoms. The highest BCUT2D eigenvalue weighted by Crippen LogP contribution is 2.12. The normalized spacial score (nSPS) is 14.1. The number of aromatic nitrogens is 2. The molecule has 0 spiro atoms. The Balaban J connectivity index is 1.99. The number of rotatable bonds is 2. The number of hydrogen-bond donors (Lipinski definition) is 1. The molecule has 1 aromatic carbocycles. The Bertz CT molecular complexity index is 703. The van der Waals surface area contributed by atoms with Gasteiger partial charge in [-0.1, -0.05) is 23.8 Å². The van der Waals surface area contributed by atoms with E-state index in [1.54, 1.807) is 10.9 Å². The second-order valence-corrected chi connectivity index (χ2v) is 5.46. The Labute approximate surface area is 118 Å². The van der Waals surface area contributed by atoms with E-state index in [0.29, 0.717) is 13.1 Å². The van der Waals surface area contributed by atoms with Crippen molar-refractivity contribution in [1.82, 2.24) is 14.9 Å². The number of nitrogens with one attached hydrogen (secondary N) is 1. The Morgan fingerprint density at radius 1 is 1.35 bits per heavy atom. The lowest BCUT2D eigenvalue weighted by molar-refractivity contribution is 0.596. The van der Waals surface area contributed by atoms with E-state index in [-0.39, 0.29) is 5.56 Å². The Morgan fingerprint density at radius 3 is 3.05 bits per heavy atom. The van der Waals surface area contributed by atoms with E-state index >= 15 is 0 Å². The third-order valence-electron chi connectivity index (χ3n) is 3.91. The van der Waals surface area contributed by atoms with Crippen LogP contribution in [0, 0.1) is 13.8 Å². The average molecular weight is 269 g/mol. The summed E-state index contributed by atoms with van der Waals surface area (Å²) in [7, 11) is 0. The van der Waals surface area contributed by atoms with Crippen molar-refractivity contribution in [2.75, 3.05) is 6.54 Å². The summed E-state index contributed by atoms with van der Waals surface area (Å²) in [6.07, 6.45) is 2.45. The molecule has 4 nitrogen and oxygen atoms in total. The van der Waals surface area contributed by atoms with Gasteiger partial charge in [0.15, 0.2) is 0 Å². The minimum atomic E-state index is 0.109. The first-order valence-electron chi connectivity index (χ1n) is 6.99. The molecule has 0 saturated heterocycles. The number of nitrogens with zero attached hydrogens (tertiary/aromatic N) is 2. The van der Waals surface area contributed by atoms with Gasteiger partial charge < -0.3 is 5.32 Å². The highest BCUT2D eigenvalue weighted by Gasteiger charge is 2.15. The number of fused-ring (bicyclic) bond motifs is 1. The van der Waals surface area contributed by atoms with E-state index in [4.69, 9.17) is 0 Å². The standard InChI is InChI=1S/C16H19N3O/c1-11-3-4-12(2)13(7-11)9-19-10-18-15-8-17-6-5-14(15)16(19)20/h3-4,7,10,17H,5-6,8-9H2,1-2H3. The molecular weight excluding hydrogens is 250 g/mol. The Hall–Kier alpha value is -1.94. The van der Waals surface area contributed by atoms with Crippen molar-refractivity contribution >= 4 is 0 Å². The van der Waals surface area contributed by atoms with E-state index < -0.39 is 0 Å². The van der Waals surface area contributed by atoms with Gasteiger partial charge in [0.2, 0.25) is 0 Å². The number of aryl methyl sites for hydroxylation is 2. The predicted molar refractivity (Wildman–Crippen MR) is 78.9 cm³/mol. The molecule has 2 heterocycles. The number of benzene rings is 1. The molecule has 0 amide bonds. The molecular formula is C16H19N3O. The van der Waals surface area contributed by atoms with Gasteiger partial charge in [-0.25, -0.2) is 4.98 Å². The molecule has 3 rings (SSSR count). The van der Waals surface area contributed by atoms with Crippen LogP contribution in [0.15, 0.2) is 29.3 Å². The van der Waals surface area contributed by atoms with E-state index in [1.807, 2.05) is 0 Å². The van der Waals surface area contributed by atoms with Crippen molar-refractivity contribution in [1.29, 1.82) is 0 Å². The minimum Gasteiger partial charge on any atom is -0.311 e. The van der Waals surface area contributed by atoms with Gasteiger partial charge in [-0.15, -0.1) is 0 Å². The van der Waals surface area contributed by atoms with Gasteiger partial charge in [-0.05, 0) is 37.9 Å². The first kappa shape index (κ1) is 13.1. The predicted octanol–water partition coefficient (Wildman–Crippen LogP) is 1.55. The maximum absolute atomic E-state index is 12.5. The first-order chi connectivity index (χ1) is 9.65. The second kappa shape index (κ2) is 5.21. The molecule has 4 heteroatoms. The molecule has 20 heavy (non-hydrogen) atoms. The van der Waals surface area contributed by atoms with Gasteiger partial charge in [0.25, 0.3) is 5.56 Å². The van der Waals surface area contributed by atoms with Crippen LogP contribution in [0.1, 0.15) is 27.9 Å². The number of hydrogen-bond acceptors (Lipinski definition) is 3. The van der Waals surface area contributed by atoms with Gasteiger partial charge in [0.05, 0.1) is 18.6 Å². The lowest BCUT2D eigenvalue weighted by atomic mass is 10.1. The topological polar surface area (TPSA) is 46.9 Å². The lowest BCUT2D eigenvalue weighted by Crippen LogP contribution is -2.34. The van der Waals surface area contributed by atoms with Crippen LogP contribution < -0.4 is 10.9 Å². The summed E-state index contributed by atoms with van der Waals surface area (Å²) in [5.74, 6) is 0. The van der Waals surface area contributed by atoms with Gasteiger partial charge in [-0.2, -0.15) is 0 Å². The van der Waals surface area contributed by atoms with Gasteiger partial charge in [0.1, 0.15) is 0 Å². The Kier molecular flexibility index (Phi) is 3.40. The molecule has 1 N–H and O–H groups in total. The van der Waals surface area contributed by atoms with Crippen molar-refractivity contribution in [3.63, 3.8) is 0 Å². The van der Waals surface area contributed by atoms with E-state index in [0.717, 1.165) is 24.2 Å². The molecule has 1 aliphatic heterocycles. The third kappa shape index (κ3) is 2.39. The van der Waals surface area contributed by atoms with Crippen LogP contribution in [0.2, 0.25) is 0 Å². The monoisotopic (exact) mass is 269 g/mol. The van der Waals surface area contributed by atoms with Crippen molar-refractivity contribution in [2.45, 2.75) is 33.4 Å². The zero-order chi connectivity index (χ0) is 14.1. The summed E-state index contributed by atoms with van der Waals surface area (Å²) >= 11 is 0. The second-order valence-electron chi connectivity index (χ2n) is 5.46. The van der Waals surface area contributed by atoms with Crippen LogP contribution in [-0.4, -0.2) is 16.1 Å². The molecule has 104 valence electrons. The summed E-state index contributed by atoms with van der Waals surface area (Å²) in [6.45, 7) is 6.31. The van der Waals surface area contributed by atoms with Crippen LogP contribution in [0.3, 0.4) is 0 Å². The molecule has 0 unspecified atom stereocenters. The van der Waals surface area contributed by atoms with Crippen LogP contribution in [0.25, 0.3) is 0 Å². The molecule has 0 aliphatic carbocycles. The fourth-order valence-corrected chi connectivity index (χ4v) is 2.66. The summed E-state index contributed by atoms with van der Waals surface area (Å²) in [6, 6.07) is 6.34. The van der Waals surface area contributed by atoms with Crippen LogP contribution in [0.4, 0.5) is 0 Å². The maximum Gasteiger partial charge on any atom is 0.257 e. The van der Waals surface area contributed by atoms with Crippen LogP contribution in [-0.2, 0) is 19.5 Å². The molecule has 2 aromatic rings. The van der Waals surface area contributed by atoms with Gasteiger partial charge >= 0.3 is 0 Å². The minimum absolute atomic E-state index is 0.109. The largest absolute Gasteiger partial charge is 0.311 e. The smallest absolute Gasteiger partial charge is 0.257 e. The highest BCUT2D eigenvalue weighted by molar-refractivity contribution is 5.31. The summed E-state index contributed by atoms with van der Waals surface area (Å²) < 4.78 is 1.73. The summed E-state index contributed by atoms with van der Waals surface area (Å²) in [5, 5.41) is 3.24. The van der Waals surface area contributed by atoms with Crippen molar-refractivity contribution in [2.24, 2.45) is 0 Å². The average Bonchev–Trinajstić information content (AvgIpc) is 2.46. The van der Waals surface area contributed by atoms with Crippen LogP contribution >= 0.6 is 0 Å². The fourth-order valence-electron chi connectivity index (χ4n) is 2.66. The molecule has 0 fully saturated rings. The zero-order valence-electron chi connectivity index (χ0n) is 11.9. The molecule has 0 saturated carbocycles. The SMILES string of the molecule is Cc1ccc(C)c(Cn2cnc3c(c2=O)CCNC3)c1. The van der Waals surface area contributed by atoms with E-state index in [1.165, 1.54) is 16.7 Å².